The summed E-state index contributed by atoms with van der Waals surface area (Å²) in [6.07, 6.45) is 21.1. The fraction of sp³-hybridized carbons (Fsp3) is 0.852. The summed E-state index contributed by atoms with van der Waals surface area (Å²) in [6, 6.07) is 0. The van der Waals surface area contributed by atoms with Crippen LogP contribution in [-0.2, 0) is 0 Å². The van der Waals surface area contributed by atoms with Crippen molar-refractivity contribution < 1.29 is 5.11 Å². The number of allylic oxidation sites excluding steroid dienone is 3. The van der Waals surface area contributed by atoms with Gasteiger partial charge in [0.25, 0.3) is 0 Å². The Hall–Kier alpha value is -0.560. The normalized spacial score (nSPS) is 45.6. The molecule has 0 aromatic rings. The molecule has 4 aliphatic rings. The highest BCUT2D eigenvalue weighted by Crippen LogP contribution is 2.64. The van der Waals surface area contributed by atoms with Crippen molar-refractivity contribution in [3.8, 4) is 0 Å². The van der Waals surface area contributed by atoms with Crippen LogP contribution in [0.25, 0.3) is 0 Å². The lowest BCUT2D eigenvalue weighted by molar-refractivity contribution is -0.151. The third-order valence-corrected chi connectivity index (χ3v) is 9.51. The molecule has 2 fully saturated rings. The van der Waals surface area contributed by atoms with E-state index < -0.39 is 5.60 Å². The van der Waals surface area contributed by atoms with Gasteiger partial charge in [0.05, 0.1) is 5.60 Å². The van der Waals surface area contributed by atoms with Crippen molar-refractivity contribution in [1.29, 1.82) is 0 Å². The van der Waals surface area contributed by atoms with Gasteiger partial charge in [-0.3, -0.25) is 0 Å². The fourth-order valence-electron chi connectivity index (χ4n) is 8.00. The second-order valence-electron chi connectivity index (χ2n) is 11.7. The lowest BCUT2D eigenvalue weighted by Gasteiger charge is -2.55. The van der Waals surface area contributed by atoms with Crippen LogP contribution in [-0.4, -0.2) is 10.7 Å². The Labute approximate surface area is 174 Å². The van der Waals surface area contributed by atoms with Gasteiger partial charge < -0.3 is 5.11 Å². The van der Waals surface area contributed by atoms with E-state index in [1.54, 1.807) is 0 Å². The Morgan fingerprint density at radius 3 is 2.75 bits per heavy atom. The molecule has 1 nitrogen and oxygen atoms in total. The zero-order valence-corrected chi connectivity index (χ0v) is 18.9. The van der Waals surface area contributed by atoms with E-state index in [9.17, 15) is 5.11 Å². The summed E-state index contributed by atoms with van der Waals surface area (Å²) in [4.78, 5) is 0. The van der Waals surface area contributed by atoms with Gasteiger partial charge >= 0.3 is 0 Å². The van der Waals surface area contributed by atoms with E-state index in [0.717, 1.165) is 30.1 Å². The van der Waals surface area contributed by atoms with E-state index >= 15 is 0 Å². The molecule has 7 atom stereocenters. The quantitative estimate of drug-likeness (QED) is 0.527. The van der Waals surface area contributed by atoms with Gasteiger partial charge in [-0.2, -0.15) is 0 Å². The Bertz CT molecular complexity index is 616. The maximum Gasteiger partial charge on any atom is 0.0743 e. The standard InChI is InChI=1S/C27H44O/c1-19(2)7-5-8-20(3)24-11-12-25-26(24,4)15-14-23-18-22-10-6-9-21(17-22)13-16-27(23,25)28/h6,9,13,19-20,22-25,28H,5,7-8,10-12,14-18H2,1-4H3/b21-13-/t20-,22?,23+,24?,25?,26?,27?/m1/s1. The third-order valence-electron chi connectivity index (χ3n) is 9.51. The smallest absolute Gasteiger partial charge is 0.0743 e. The van der Waals surface area contributed by atoms with Crippen LogP contribution in [0, 0.1) is 40.9 Å². The van der Waals surface area contributed by atoms with Crippen LogP contribution in [0.3, 0.4) is 0 Å². The molecule has 28 heavy (non-hydrogen) atoms. The number of fused-ring (bicyclic) bond motifs is 5. The minimum atomic E-state index is -0.450. The molecule has 0 spiro atoms. The van der Waals surface area contributed by atoms with E-state index in [0.29, 0.717) is 17.3 Å². The van der Waals surface area contributed by atoms with Crippen molar-refractivity contribution in [3.63, 3.8) is 0 Å². The predicted molar refractivity (Wildman–Crippen MR) is 119 cm³/mol. The molecule has 0 radical (unpaired) electrons. The van der Waals surface area contributed by atoms with Gasteiger partial charge in [0.2, 0.25) is 0 Å². The van der Waals surface area contributed by atoms with E-state index in [1.165, 1.54) is 69.8 Å². The molecule has 4 aliphatic carbocycles. The number of hydrogen-bond donors (Lipinski definition) is 1. The lowest BCUT2D eigenvalue weighted by atomic mass is 9.52. The van der Waals surface area contributed by atoms with Crippen LogP contribution < -0.4 is 0 Å². The van der Waals surface area contributed by atoms with Gasteiger partial charge in [-0.1, -0.05) is 70.8 Å². The van der Waals surface area contributed by atoms with Crippen molar-refractivity contribution >= 4 is 0 Å². The first kappa shape index (κ1) is 20.7. The molecule has 0 aliphatic heterocycles. The van der Waals surface area contributed by atoms with Crippen molar-refractivity contribution in [2.45, 2.75) is 104 Å². The Morgan fingerprint density at radius 2 is 1.96 bits per heavy atom. The molecule has 2 saturated carbocycles. The summed E-state index contributed by atoms with van der Waals surface area (Å²) >= 11 is 0. The summed E-state index contributed by atoms with van der Waals surface area (Å²) in [6.45, 7) is 9.78. The van der Waals surface area contributed by atoms with Crippen molar-refractivity contribution in [1.82, 2.24) is 0 Å². The Balaban J connectivity index is 1.53. The Kier molecular flexibility index (Phi) is 5.87. The topological polar surface area (TPSA) is 20.2 Å². The predicted octanol–water partition coefficient (Wildman–Crippen LogP) is 7.31. The molecule has 158 valence electrons. The zero-order valence-electron chi connectivity index (χ0n) is 18.9. The number of aliphatic hydroxyl groups is 1. The maximum atomic E-state index is 12.2. The molecule has 1 N–H and O–H groups in total. The van der Waals surface area contributed by atoms with Crippen molar-refractivity contribution in [2.24, 2.45) is 40.9 Å². The molecule has 1 heteroatoms. The van der Waals surface area contributed by atoms with Gasteiger partial charge in [0.1, 0.15) is 0 Å². The van der Waals surface area contributed by atoms with Crippen LogP contribution in [0.4, 0.5) is 0 Å². The van der Waals surface area contributed by atoms with Crippen LogP contribution in [0.2, 0.25) is 0 Å². The van der Waals surface area contributed by atoms with E-state index in [1.807, 2.05) is 0 Å². The second kappa shape index (κ2) is 7.93. The van der Waals surface area contributed by atoms with E-state index in [2.05, 4.69) is 45.9 Å². The molecule has 0 aromatic heterocycles. The first-order valence-corrected chi connectivity index (χ1v) is 12.4. The highest BCUT2D eigenvalue weighted by molar-refractivity contribution is 5.26. The number of rotatable bonds is 5. The highest BCUT2D eigenvalue weighted by atomic mass is 16.3. The molecular formula is C27H44O. The zero-order chi connectivity index (χ0) is 19.9. The lowest BCUT2D eigenvalue weighted by Crippen LogP contribution is -2.55. The van der Waals surface area contributed by atoms with Crippen LogP contribution >= 0.6 is 0 Å². The van der Waals surface area contributed by atoms with Crippen LogP contribution in [0.15, 0.2) is 23.8 Å². The molecule has 0 saturated heterocycles. The number of hydrogen-bond acceptors (Lipinski definition) is 1. The maximum absolute atomic E-state index is 12.2. The third kappa shape index (κ3) is 3.66. The first-order chi connectivity index (χ1) is 13.3. The first-order valence-electron chi connectivity index (χ1n) is 12.4. The van der Waals surface area contributed by atoms with Gasteiger partial charge in [-0.15, -0.1) is 0 Å². The van der Waals surface area contributed by atoms with E-state index in [4.69, 9.17) is 0 Å². The summed E-state index contributed by atoms with van der Waals surface area (Å²) in [5.41, 5.74) is 1.40. The second-order valence-corrected chi connectivity index (χ2v) is 11.7. The van der Waals surface area contributed by atoms with Gasteiger partial charge in [0, 0.05) is 0 Å². The van der Waals surface area contributed by atoms with Gasteiger partial charge in [-0.05, 0) is 92.3 Å². The minimum Gasteiger partial charge on any atom is -0.389 e. The highest BCUT2D eigenvalue weighted by Gasteiger charge is 2.60. The molecule has 0 aromatic carbocycles. The fourth-order valence-corrected chi connectivity index (χ4v) is 8.00. The van der Waals surface area contributed by atoms with E-state index in [-0.39, 0.29) is 0 Å². The molecule has 5 unspecified atom stereocenters. The molecule has 4 rings (SSSR count). The van der Waals surface area contributed by atoms with Crippen LogP contribution in [0.1, 0.15) is 98.3 Å². The largest absolute Gasteiger partial charge is 0.389 e. The SMILES string of the molecule is CC(C)CCC[C@@H](C)C1CCC2C1(C)CC[C@H]1CC3CC=C/C(=C/CC21O)C3. The molecule has 0 heterocycles. The molecule has 0 amide bonds. The average Bonchev–Trinajstić information content (AvgIpc) is 3.00. The summed E-state index contributed by atoms with van der Waals surface area (Å²) in [5.74, 6) is 4.25. The average molecular weight is 385 g/mol. The Morgan fingerprint density at radius 1 is 1.14 bits per heavy atom. The molecule has 2 bridgehead atoms. The monoisotopic (exact) mass is 384 g/mol. The van der Waals surface area contributed by atoms with Crippen molar-refractivity contribution in [2.75, 3.05) is 0 Å². The minimum absolute atomic E-state index is 0.352. The van der Waals surface area contributed by atoms with Crippen LogP contribution in [0.5, 0.6) is 0 Å². The summed E-state index contributed by atoms with van der Waals surface area (Å²) in [5, 5.41) is 12.2. The van der Waals surface area contributed by atoms with Gasteiger partial charge in [0.15, 0.2) is 0 Å². The summed E-state index contributed by atoms with van der Waals surface area (Å²) in [7, 11) is 0. The van der Waals surface area contributed by atoms with Gasteiger partial charge in [-0.25, -0.2) is 0 Å². The van der Waals surface area contributed by atoms with Crippen molar-refractivity contribution in [3.05, 3.63) is 23.8 Å². The molecular weight excluding hydrogens is 340 g/mol. The summed E-state index contributed by atoms with van der Waals surface area (Å²) < 4.78 is 0.